The van der Waals surface area contributed by atoms with E-state index in [4.69, 9.17) is 0 Å². The van der Waals surface area contributed by atoms with Crippen molar-refractivity contribution in [3.63, 3.8) is 0 Å². The van der Waals surface area contributed by atoms with E-state index >= 15 is 0 Å². The van der Waals surface area contributed by atoms with E-state index in [1.807, 2.05) is 0 Å². The van der Waals surface area contributed by atoms with E-state index in [-0.39, 0.29) is 18.6 Å². The van der Waals surface area contributed by atoms with Gasteiger partial charge in [-0.25, -0.2) is 10.2 Å². The van der Waals surface area contributed by atoms with Crippen molar-refractivity contribution in [2.75, 3.05) is 13.7 Å². The van der Waals surface area contributed by atoms with Crippen LogP contribution in [0.3, 0.4) is 0 Å². The molecule has 1 saturated carbocycles. The van der Waals surface area contributed by atoms with Crippen LogP contribution in [0.25, 0.3) is 0 Å². The number of ether oxygens (including phenoxy) is 1. The molecule has 0 bridgehead atoms. The lowest BCUT2D eigenvalue weighted by Gasteiger charge is -2.58. The molecule has 108 valence electrons. The number of carbonyl (C=O) groups excluding carboxylic acids is 1. The molecule has 0 spiro atoms. The standard InChI is InChI=1S/C11H18N4O4/c1-19-11(16)13-12-6-8-7-14(17)9-4-2-3-5-10(9)15(8)18/h6,8-10H,2-5,7H2,1H3,(H,13,16)/q-2/b12-6+. The molecule has 2 aliphatic rings. The monoisotopic (exact) mass is 270 g/mol. The maximum absolute atomic E-state index is 12.2. The molecule has 3 unspecified atom stereocenters. The molecular weight excluding hydrogens is 252 g/mol. The van der Waals surface area contributed by atoms with Gasteiger partial charge in [-0.1, -0.05) is 12.8 Å². The number of carbonyl (C=O) groups is 1. The van der Waals surface area contributed by atoms with Crippen molar-refractivity contribution in [3.8, 4) is 0 Å². The van der Waals surface area contributed by atoms with Crippen LogP contribution in [0.2, 0.25) is 0 Å². The first-order chi connectivity index (χ1) is 9.13. The Morgan fingerprint density at radius 1 is 1.37 bits per heavy atom. The van der Waals surface area contributed by atoms with Crippen LogP contribution in [-0.4, -0.2) is 54.2 Å². The molecule has 8 heteroatoms. The lowest BCUT2D eigenvalue weighted by atomic mass is 9.87. The number of nitrogens with one attached hydrogen (secondary N) is 1. The predicted octanol–water partition coefficient (Wildman–Crippen LogP) is 0.621. The number of hydrazone groups is 1. The van der Waals surface area contributed by atoms with Crippen LogP contribution >= 0.6 is 0 Å². The molecule has 1 saturated heterocycles. The van der Waals surface area contributed by atoms with Crippen LogP contribution < -0.4 is 5.43 Å². The predicted molar refractivity (Wildman–Crippen MR) is 69.1 cm³/mol. The topological polar surface area (TPSA) is 103 Å². The molecule has 0 aromatic heterocycles. The van der Waals surface area contributed by atoms with Gasteiger partial charge in [0, 0.05) is 30.9 Å². The summed E-state index contributed by atoms with van der Waals surface area (Å²) in [7, 11) is 1.22. The van der Waals surface area contributed by atoms with Gasteiger partial charge >= 0.3 is 6.09 Å². The van der Waals surface area contributed by atoms with Crippen LogP contribution in [0, 0.1) is 10.4 Å². The first-order valence-electron chi connectivity index (χ1n) is 6.40. The Balaban J connectivity index is 1.96. The minimum absolute atomic E-state index is 0.0804. The van der Waals surface area contributed by atoms with E-state index in [1.165, 1.54) is 13.3 Å². The molecule has 1 amide bonds. The van der Waals surface area contributed by atoms with Gasteiger partial charge in [-0.15, -0.1) is 0 Å². The van der Waals surface area contributed by atoms with E-state index in [1.54, 1.807) is 0 Å². The fraction of sp³-hybridized carbons (Fsp3) is 0.818. The maximum Gasteiger partial charge on any atom is 0.427 e. The van der Waals surface area contributed by atoms with Crippen molar-refractivity contribution in [2.45, 2.75) is 43.8 Å². The summed E-state index contributed by atoms with van der Waals surface area (Å²) in [6, 6.07) is -1.10. The average Bonchev–Trinajstić information content (AvgIpc) is 2.44. The smallest absolute Gasteiger partial charge is 0.427 e. The molecule has 3 atom stereocenters. The van der Waals surface area contributed by atoms with Crippen LogP contribution in [0.15, 0.2) is 5.10 Å². The Bertz CT molecular complexity index is 352. The summed E-state index contributed by atoms with van der Waals surface area (Å²) < 4.78 is 4.35. The normalized spacial score (nSPS) is 33.1. The van der Waals surface area contributed by atoms with Crippen LogP contribution in [0.4, 0.5) is 4.79 Å². The SMILES string of the molecule is COC(=O)N/N=C/C1CN([O-])C2CCCCC2N1[O-]. The average molecular weight is 270 g/mol. The highest BCUT2D eigenvalue weighted by Gasteiger charge is 2.34. The Labute approximate surface area is 111 Å². The van der Waals surface area contributed by atoms with E-state index in [0.717, 1.165) is 35.8 Å². The number of hydrogen-bond donors (Lipinski definition) is 1. The molecule has 2 fully saturated rings. The Morgan fingerprint density at radius 2 is 2.05 bits per heavy atom. The van der Waals surface area contributed by atoms with Crippen molar-refractivity contribution in [3.05, 3.63) is 10.4 Å². The quantitative estimate of drug-likeness (QED) is 0.582. The molecule has 1 N–H and O–H groups in total. The van der Waals surface area contributed by atoms with Gasteiger partial charge in [-0.3, -0.25) is 0 Å². The summed E-state index contributed by atoms with van der Waals surface area (Å²) in [4.78, 5) is 10.8. The molecule has 19 heavy (non-hydrogen) atoms. The number of nitrogens with zero attached hydrogens (tertiary/aromatic N) is 3. The number of rotatable bonds is 2. The molecule has 0 aromatic rings. The van der Waals surface area contributed by atoms with Gasteiger partial charge in [0.05, 0.1) is 7.11 Å². The van der Waals surface area contributed by atoms with Gasteiger partial charge in [-0.05, 0) is 12.8 Å². The second-order valence-corrected chi connectivity index (χ2v) is 4.83. The third kappa shape index (κ3) is 3.21. The first kappa shape index (κ1) is 14.2. The molecule has 8 nitrogen and oxygen atoms in total. The third-order valence-corrected chi connectivity index (χ3v) is 3.67. The van der Waals surface area contributed by atoms with E-state index in [2.05, 4.69) is 15.3 Å². The number of fused-ring (bicyclic) bond motifs is 1. The fourth-order valence-corrected chi connectivity index (χ4v) is 2.71. The number of hydrogen-bond acceptors (Lipinski definition) is 7. The van der Waals surface area contributed by atoms with E-state index < -0.39 is 12.1 Å². The van der Waals surface area contributed by atoms with Crippen LogP contribution in [-0.2, 0) is 4.74 Å². The summed E-state index contributed by atoms with van der Waals surface area (Å²) in [5.74, 6) is 0. The second-order valence-electron chi connectivity index (χ2n) is 4.83. The van der Waals surface area contributed by atoms with Crippen molar-refractivity contribution in [1.82, 2.24) is 15.6 Å². The van der Waals surface area contributed by atoms with Gasteiger partial charge in [0.2, 0.25) is 0 Å². The Hall–Kier alpha value is -1.22. The number of amides is 1. The largest absolute Gasteiger partial charge is 0.785 e. The third-order valence-electron chi connectivity index (χ3n) is 3.67. The van der Waals surface area contributed by atoms with Crippen molar-refractivity contribution >= 4 is 12.3 Å². The first-order valence-corrected chi connectivity index (χ1v) is 6.40. The van der Waals surface area contributed by atoms with Crippen molar-refractivity contribution in [2.24, 2.45) is 5.10 Å². The zero-order chi connectivity index (χ0) is 13.8. The second kappa shape index (κ2) is 6.29. The van der Waals surface area contributed by atoms with Gasteiger partial charge < -0.3 is 25.3 Å². The van der Waals surface area contributed by atoms with E-state index in [0.29, 0.717) is 0 Å². The molecule has 0 radical (unpaired) electrons. The summed E-state index contributed by atoms with van der Waals surface area (Å²) >= 11 is 0. The van der Waals surface area contributed by atoms with Crippen molar-refractivity contribution in [1.29, 1.82) is 0 Å². The molecular formula is C11H18N4O4-2. The van der Waals surface area contributed by atoms with Crippen LogP contribution in [0.5, 0.6) is 0 Å². The number of piperazine rings is 1. The highest BCUT2D eigenvalue weighted by atomic mass is 16.5. The van der Waals surface area contributed by atoms with Crippen LogP contribution in [0.1, 0.15) is 25.7 Å². The van der Waals surface area contributed by atoms with E-state index in [9.17, 15) is 15.2 Å². The minimum atomic E-state index is -0.709. The summed E-state index contributed by atoms with van der Waals surface area (Å²) in [5, 5.41) is 29.6. The fourth-order valence-electron chi connectivity index (χ4n) is 2.71. The highest BCUT2D eigenvalue weighted by molar-refractivity contribution is 5.71. The number of hydroxylamine groups is 4. The maximum atomic E-state index is 12.2. The zero-order valence-corrected chi connectivity index (χ0v) is 10.8. The molecule has 1 heterocycles. The minimum Gasteiger partial charge on any atom is -0.785 e. The Morgan fingerprint density at radius 3 is 2.74 bits per heavy atom. The van der Waals surface area contributed by atoms with Gasteiger partial charge in [0.1, 0.15) is 0 Å². The zero-order valence-electron chi connectivity index (χ0n) is 10.8. The number of methoxy groups -OCH3 is 1. The highest BCUT2D eigenvalue weighted by Crippen LogP contribution is 2.31. The molecule has 1 aliphatic carbocycles. The van der Waals surface area contributed by atoms with Gasteiger partial charge in [-0.2, -0.15) is 5.10 Å². The summed E-state index contributed by atoms with van der Waals surface area (Å²) in [6.45, 7) is 0.0804. The lowest BCUT2D eigenvalue weighted by Crippen LogP contribution is -2.61. The Kier molecular flexibility index (Phi) is 4.70. The molecule has 2 rings (SSSR count). The lowest BCUT2D eigenvalue weighted by molar-refractivity contribution is 0.0352. The van der Waals surface area contributed by atoms with Gasteiger partial charge in [0.25, 0.3) is 0 Å². The molecule has 0 aromatic carbocycles. The van der Waals surface area contributed by atoms with Gasteiger partial charge in [0.15, 0.2) is 0 Å². The van der Waals surface area contributed by atoms with Crippen molar-refractivity contribution < 1.29 is 9.53 Å². The molecule has 1 aliphatic heterocycles. The summed E-state index contributed by atoms with van der Waals surface area (Å²) in [5.41, 5.74) is 2.11. The summed E-state index contributed by atoms with van der Waals surface area (Å²) in [6.07, 6.45) is 4.06.